The number of anilines is 3. The van der Waals surface area contributed by atoms with Gasteiger partial charge in [0.25, 0.3) is 0 Å². The number of halogens is 1. The van der Waals surface area contributed by atoms with Gasteiger partial charge in [0.15, 0.2) is 11.0 Å². The third-order valence-electron chi connectivity index (χ3n) is 4.35. The summed E-state index contributed by atoms with van der Waals surface area (Å²) in [5.41, 5.74) is 2.12. The first-order valence-electron chi connectivity index (χ1n) is 9.77. The Morgan fingerprint density at radius 1 is 1.06 bits per heavy atom. The smallest absolute Gasteiger partial charge is 0.232 e. The zero-order valence-electron chi connectivity index (χ0n) is 17.4. The normalized spacial score (nSPS) is 10.7. The molecular formula is C22H20FN7OS. The highest BCUT2D eigenvalue weighted by Gasteiger charge is 2.11. The number of aromatic nitrogens is 5. The molecule has 162 valence electrons. The van der Waals surface area contributed by atoms with E-state index in [-0.39, 0.29) is 12.3 Å². The minimum absolute atomic E-state index is 0.0514. The van der Waals surface area contributed by atoms with E-state index in [0.29, 0.717) is 34.1 Å². The molecule has 2 aromatic carbocycles. The zero-order chi connectivity index (χ0) is 22.5. The molecule has 32 heavy (non-hydrogen) atoms. The fraction of sp³-hybridized carbons (Fsp3) is 0.136. The van der Waals surface area contributed by atoms with Crippen molar-refractivity contribution in [3.05, 3.63) is 77.5 Å². The quantitative estimate of drug-likeness (QED) is 0.383. The second-order valence-electron chi connectivity index (χ2n) is 7.00. The number of aromatic amines is 1. The van der Waals surface area contributed by atoms with E-state index in [1.807, 2.05) is 31.2 Å². The molecule has 0 aliphatic heterocycles. The third-order valence-corrected chi connectivity index (χ3v) is 5.39. The van der Waals surface area contributed by atoms with Crippen molar-refractivity contribution in [3.8, 4) is 0 Å². The fourth-order valence-electron chi connectivity index (χ4n) is 2.90. The van der Waals surface area contributed by atoms with Crippen molar-refractivity contribution in [2.45, 2.75) is 30.3 Å². The van der Waals surface area contributed by atoms with E-state index >= 15 is 0 Å². The Kier molecular flexibility index (Phi) is 6.41. The van der Waals surface area contributed by atoms with E-state index in [1.165, 1.54) is 30.0 Å². The summed E-state index contributed by atoms with van der Waals surface area (Å²) in [6.07, 6.45) is 0.0514. The van der Waals surface area contributed by atoms with Crippen LogP contribution in [-0.2, 0) is 11.2 Å². The molecule has 0 bridgehead atoms. The van der Waals surface area contributed by atoms with Gasteiger partial charge in [0.1, 0.15) is 11.6 Å². The number of H-pyrrole nitrogens is 1. The predicted octanol–water partition coefficient (Wildman–Crippen LogP) is 4.43. The van der Waals surface area contributed by atoms with Gasteiger partial charge >= 0.3 is 0 Å². The van der Waals surface area contributed by atoms with Gasteiger partial charge in [-0.3, -0.25) is 9.89 Å². The van der Waals surface area contributed by atoms with Gasteiger partial charge in [0.05, 0.1) is 6.42 Å². The lowest BCUT2D eigenvalue weighted by Gasteiger charge is -2.07. The van der Waals surface area contributed by atoms with E-state index in [4.69, 9.17) is 0 Å². The molecule has 8 nitrogen and oxygen atoms in total. The highest BCUT2D eigenvalue weighted by atomic mass is 32.2. The molecular weight excluding hydrogens is 429 g/mol. The van der Waals surface area contributed by atoms with Crippen LogP contribution in [0.1, 0.15) is 17.1 Å². The SMILES string of the molecule is Cc1nc(Nc2cc(CC(=O)Nc3cccc(F)c3)[nH]n2)nc(Sc2ccccc2C)n1. The van der Waals surface area contributed by atoms with Crippen LogP contribution in [0.4, 0.5) is 21.8 Å². The monoisotopic (exact) mass is 449 g/mol. The molecule has 4 rings (SSSR count). The molecule has 0 fully saturated rings. The molecule has 3 N–H and O–H groups in total. The van der Waals surface area contributed by atoms with E-state index in [2.05, 4.69) is 35.8 Å². The molecule has 0 radical (unpaired) electrons. The van der Waals surface area contributed by atoms with Gasteiger partial charge in [0, 0.05) is 22.3 Å². The maximum absolute atomic E-state index is 13.3. The number of hydrogen-bond donors (Lipinski definition) is 3. The van der Waals surface area contributed by atoms with Gasteiger partial charge < -0.3 is 10.6 Å². The molecule has 2 aromatic heterocycles. The molecule has 1 amide bonds. The van der Waals surface area contributed by atoms with E-state index in [0.717, 1.165) is 10.5 Å². The van der Waals surface area contributed by atoms with Crippen molar-refractivity contribution in [1.29, 1.82) is 0 Å². The van der Waals surface area contributed by atoms with E-state index in [9.17, 15) is 9.18 Å². The molecule has 10 heteroatoms. The van der Waals surface area contributed by atoms with Gasteiger partial charge in [0.2, 0.25) is 11.9 Å². The highest BCUT2D eigenvalue weighted by molar-refractivity contribution is 7.99. The standard InChI is InChI=1S/C22H20FN7OS/c1-13-6-3-4-9-18(13)32-22-25-14(2)24-21(28-22)27-19-11-17(29-30-19)12-20(31)26-16-8-5-7-15(23)10-16/h3-11H,12H2,1-2H3,(H,26,31)(H2,24,25,27,28,29,30). The van der Waals surface area contributed by atoms with Crippen molar-refractivity contribution in [1.82, 2.24) is 25.1 Å². The van der Waals surface area contributed by atoms with Gasteiger partial charge in [-0.25, -0.2) is 9.37 Å². The molecule has 2 heterocycles. The molecule has 0 aliphatic carbocycles. The average molecular weight is 450 g/mol. The first kappa shape index (κ1) is 21.4. The second-order valence-corrected chi connectivity index (χ2v) is 8.00. The number of benzene rings is 2. The Labute approximate surface area is 188 Å². The Balaban J connectivity index is 1.41. The summed E-state index contributed by atoms with van der Waals surface area (Å²) in [7, 11) is 0. The molecule has 4 aromatic rings. The average Bonchev–Trinajstić information content (AvgIpc) is 3.15. The predicted molar refractivity (Wildman–Crippen MR) is 120 cm³/mol. The molecule has 0 atom stereocenters. The summed E-state index contributed by atoms with van der Waals surface area (Å²) in [4.78, 5) is 26.4. The summed E-state index contributed by atoms with van der Waals surface area (Å²) in [6, 6.07) is 15.4. The number of carbonyl (C=O) groups excluding carboxylic acids is 1. The van der Waals surface area contributed by atoms with Gasteiger partial charge in [-0.2, -0.15) is 15.1 Å². The molecule has 0 unspecified atom stereocenters. The lowest BCUT2D eigenvalue weighted by molar-refractivity contribution is -0.115. The topological polar surface area (TPSA) is 108 Å². The Morgan fingerprint density at radius 2 is 1.91 bits per heavy atom. The number of carbonyl (C=O) groups is 1. The Morgan fingerprint density at radius 3 is 2.72 bits per heavy atom. The van der Waals surface area contributed by atoms with Gasteiger partial charge in [-0.05, 0) is 55.4 Å². The maximum atomic E-state index is 13.3. The highest BCUT2D eigenvalue weighted by Crippen LogP contribution is 2.28. The second kappa shape index (κ2) is 9.56. The number of rotatable bonds is 7. The minimum atomic E-state index is -0.413. The molecule has 0 spiro atoms. The number of nitrogens with zero attached hydrogens (tertiary/aromatic N) is 4. The van der Waals surface area contributed by atoms with Crippen LogP contribution in [0.25, 0.3) is 0 Å². The summed E-state index contributed by atoms with van der Waals surface area (Å²) < 4.78 is 13.3. The van der Waals surface area contributed by atoms with Crippen LogP contribution in [0, 0.1) is 19.7 Å². The molecule has 0 aliphatic rings. The first-order valence-corrected chi connectivity index (χ1v) is 10.6. The molecule has 0 saturated heterocycles. The number of aryl methyl sites for hydroxylation is 2. The fourth-order valence-corrected chi connectivity index (χ4v) is 3.79. The summed E-state index contributed by atoms with van der Waals surface area (Å²) in [6.45, 7) is 3.83. The van der Waals surface area contributed by atoms with Crippen LogP contribution in [0.5, 0.6) is 0 Å². The van der Waals surface area contributed by atoms with E-state index < -0.39 is 5.82 Å². The van der Waals surface area contributed by atoms with Crippen molar-refractivity contribution in [2.75, 3.05) is 10.6 Å². The molecule has 0 saturated carbocycles. The maximum Gasteiger partial charge on any atom is 0.232 e. The zero-order valence-corrected chi connectivity index (χ0v) is 18.2. The van der Waals surface area contributed by atoms with Crippen LogP contribution in [0.15, 0.2) is 64.6 Å². The number of hydrogen-bond acceptors (Lipinski definition) is 7. The van der Waals surface area contributed by atoms with Crippen LogP contribution >= 0.6 is 11.8 Å². The van der Waals surface area contributed by atoms with Gasteiger partial charge in [-0.1, -0.05) is 24.3 Å². The summed E-state index contributed by atoms with van der Waals surface area (Å²) in [5, 5.41) is 13.2. The third kappa shape index (κ3) is 5.67. The summed E-state index contributed by atoms with van der Waals surface area (Å²) >= 11 is 1.46. The number of amides is 1. The summed E-state index contributed by atoms with van der Waals surface area (Å²) in [5.74, 6) is 0.692. The largest absolute Gasteiger partial charge is 0.326 e. The van der Waals surface area contributed by atoms with Gasteiger partial charge in [-0.15, -0.1) is 0 Å². The van der Waals surface area contributed by atoms with Crippen LogP contribution in [0.2, 0.25) is 0 Å². The lowest BCUT2D eigenvalue weighted by Crippen LogP contribution is -2.14. The Hall–Kier alpha value is -3.79. The van der Waals surface area contributed by atoms with E-state index in [1.54, 1.807) is 19.1 Å². The van der Waals surface area contributed by atoms with Crippen molar-refractivity contribution < 1.29 is 9.18 Å². The lowest BCUT2D eigenvalue weighted by atomic mass is 10.2. The number of nitrogens with one attached hydrogen (secondary N) is 3. The first-order chi connectivity index (χ1) is 15.4. The Bertz CT molecular complexity index is 1260. The minimum Gasteiger partial charge on any atom is -0.326 e. The van der Waals surface area contributed by atoms with Crippen LogP contribution < -0.4 is 10.6 Å². The van der Waals surface area contributed by atoms with Crippen molar-refractivity contribution in [3.63, 3.8) is 0 Å². The van der Waals surface area contributed by atoms with Crippen molar-refractivity contribution >= 4 is 35.1 Å². The van der Waals surface area contributed by atoms with Crippen LogP contribution in [0.3, 0.4) is 0 Å². The van der Waals surface area contributed by atoms with Crippen molar-refractivity contribution in [2.24, 2.45) is 0 Å². The van der Waals surface area contributed by atoms with Crippen LogP contribution in [-0.4, -0.2) is 31.1 Å².